The van der Waals surface area contributed by atoms with E-state index >= 15 is 0 Å². The number of carbonyl (C=O) groups is 1. The maximum absolute atomic E-state index is 9.50. The van der Waals surface area contributed by atoms with Gasteiger partial charge in [-0.15, -0.1) is 0 Å². The van der Waals surface area contributed by atoms with Crippen molar-refractivity contribution in [1.29, 1.82) is 0 Å². The van der Waals surface area contributed by atoms with Gasteiger partial charge in [0.25, 0.3) is 0 Å². The van der Waals surface area contributed by atoms with Crippen LogP contribution < -0.4 is 5.32 Å². The number of nitrogens with one attached hydrogen (secondary N) is 1. The number of amides is 1. The molecule has 0 spiro atoms. The molecule has 0 bridgehead atoms. The van der Waals surface area contributed by atoms with Gasteiger partial charge in [-0.3, -0.25) is 0 Å². The first-order valence-electron chi connectivity index (χ1n) is 1.74. The van der Waals surface area contributed by atoms with Gasteiger partial charge in [0.2, 0.25) is 0 Å². The van der Waals surface area contributed by atoms with Crippen molar-refractivity contribution < 1.29 is 9.90 Å². The van der Waals surface area contributed by atoms with E-state index in [1.165, 1.54) is 6.92 Å². The van der Waals surface area contributed by atoms with Crippen LogP contribution in [0.4, 0.5) is 4.79 Å². The molecule has 3 nitrogen and oxygen atoms in total. The molecule has 0 saturated heterocycles. The molecule has 1 amide bonds. The van der Waals surface area contributed by atoms with E-state index in [-0.39, 0.29) is 0 Å². The molecular formula is C3H5ClNO2. The Morgan fingerprint density at radius 3 is 2.29 bits per heavy atom. The summed E-state index contributed by atoms with van der Waals surface area (Å²) in [7, 11) is 0. The molecule has 7 heavy (non-hydrogen) atoms. The van der Waals surface area contributed by atoms with Crippen molar-refractivity contribution in [3.8, 4) is 0 Å². The zero-order valence-corrected chi connectivity index (χ0v) is 4.53. The third-order valence-corrected chi connectivity index (χ3v) is 0.426. The van der Waals surface area contributed by atoms with E-state index in [1.807, 2.05) is 5.32 Å². The second-order valence-corrected chi connectivity index (χ2v) is 1.70. The number of hydrogen-bond acceptors (Lipinski definition) is 1. The summed E-state index contributed by atoms with van der Waals surface area (Å²) in [4.78, 5) is 9.50. The molecule has 0 aliphatic heterocycles. The topological polar surface area (TPSA) is 49.0 Å². The van der Waals surface area contributed by atoms with Gasteiger partial charge in [0.15, 0.2) is 0 Å². The lowest BCUT2D eigenvalue weighted by atomic mass is 10.7. The Hall–Kier alpha value is -0.440. The number of rotatable bonds is 1. The van der Waals surface area contributed by atoms with E-state index in [0.717, 1.165) is 0 Å². The molecule has 0 fully saturated rings. The Morgan fingerprint density at radius 2 is 2.29 bits per heavy atom. The van der Waals surface area contributed by atoms with E-state index in [0.29, 0.717) is 0 Å². The summed E-state index contributed by atoms with van der Waals surface area (Å²) in [5.41, 5.74) is -0.565. The predicted molar refractivity (Wildman–Crippen MR) is 24.5 cm³/mol. The highest BCUT2D eigenvalue weighted by Gasteiger charge is 1.99. The van der Waals surface area contributed by atoms with Crippen molar-refractivity contribution in [1.82, 2.24) is 5.32 Å². The van der Waals surface area contributed by atoms with Crippen LogP contribution in [-0.2, 0) is 5.11 Å². The minimum atomic E-state index is -1.34. The second-order valence-electron chi connectivity index (χ2n) is 1.05. The molecule has 1 unspecified atom stereocenters. The molecule has 0 aliphatic rings. The van der Waals surface area contributed by atoms with Gasteiger partial charge in [0.1, 0.15) is 5.50 Å². The lowest BCUT2D eigenvalue weighted by Crippen LogP contribution is -2.25. The van der Waals surface area contributed by atoms with Crippen LogP contribution in [0.15, 0.2) is 0 Å². The second kappa shape index (κ2) is 2.69. The van der Waals surface area contributed by atoms with Crippen molar-refractivity contribution in [3.05, 3.63) is 0 Å². The standard InChI is InChI=1S/C3H5ClNO2/c1-2(4)5-3(6)7/h2,5H,1H3. The van der Waals surface area contributed by atoms with Crippen molar-refractivity contribution in [2.24, 2.45) is 0 Å². The molecule has 4 heteroatoms. The maximum Gasteiger partial charge on any atom is 0.451 e. The average Bonchev–Trinajstić information content (AvgIpc) is 1.27. The summed E-state index contributed by atoms with van der Waals surface area (Å²) in [5, 5.41) is 11.4. The van der Waals surface area contributed by atoms with Crippen molar-refractivity contribution in [2.75, 3.05) is 0 Å². The lowest BCUT2D eigenvalue weighted by molar-refractivity contribution is 0.168. The molecule has 0 aliphatic carbocycles. The smallest absolute Gasteiger partial charge is 0.302 e. The minimum absolute atomic E-state index is 0.565. The van der Waals surface area contributed by atoms with Crippen LogP contribution >= 0.6 is 11.6 Å². The third kappa shape index (κ3) is 5.56. The monoisotopic (exact) mass is 122 g/mol. The van der Waals surface area contributed by atoms with Crippen LogP contribution in [0.2, 0.25) is 0 Å². The van der Waals surface area contributed by atoms with Crippen LogP contribution in [-0.4, -0.2) is 11.6 Å². The maximum atomic E-state index is 9.50. The molecular weight excluding hydrogens is 117 g/mol. The average molecular weight is 123 g/mol. The van der Waals surface area contributed by atoms with Crippen molar-refractivity contribution >= 4 is 17.7 Å². The highest BCUT2D eigenvalue weighted by molar-refractivity contribution is 6.20. The molecule has 0 aromatic heterocycles. The molecule has 0 aromatic rings. The van der Waals surface area contributed by atoms with Gasteiger partial charge < -0.3 is 5.32 Å². The predicted octanol–water partition coefficient (Wildman–Crippen LogP) is 0.711. The van der Waals surface area contributed by atoms with Gasteiger partial charge in [-0.05, 0) is 6.92 Å². The van der Waals surface area contributed by atoms with Crippen LogP contribution in [0, 0.1) is 0 Å². The van der Waals surface area contributed by atoms with Crippen LogP contribution in [0.1, 0.15) is 6.92 Å². The largest absolute Gasteiger partial charge is 0.451 e. The zero-order valence-electron chi connectivity index (χ0n) is 3.77. The molecule has 1 atom stereocenters. The number of halogens is 1. The first-order valence-corrected chi connectivity index (χ1v) is 2.18. The van der Waals surface area contributed by atoms with Crippen molar-refractivity contribution in [2.45, 2.75) is 12.4 Å². The number of alkyl halides is 1. The number of carbonyl (C=O) groups excluding carboxylic acids is 1. The van der Waals surface area contributed by atoms with E-state index in [1.54, 1.807) is 0 Å². The minimum Gasteiger partial charge on any atom is -0.302 e. The molecule has 0 saturated carbocycles. The van der Waals surface area contributed by atoms with E-state index in [2.05, 4.69) is 0 Å². The zero-order chi connectivity index (χ0) is 5.86. The molecule has 1 radical (unpaired) electrons. The van der Waals surface area contributed by atoms with Crippen LogP contribution in [0.25, 0.3) is 0 Å². The van der Waals surface area contributed by atoms with Gasteiger partial charge in [-0.1, -0.05) is 11.6 Å². The summed E-state index contributed by atoms with van der Waals surface area (Å²) in [6.45, 7) is 1.50. The highest BCUT2D eigenvalue weighted by Crippen LogP contribution is 1.84. The van der Waals surface area contributed by atoms with Crippen molar-refractivity contribution in [3.63, 3.8) is 0 Å². The van der Waals surface area contributed by atoms with E-state index in [9.17, 15) is 9.90 Å². The molecule has 1 N–H and O–H groups in total. The Balaban J connectivity index is 3.13. The molecule has 0 rings (SSSR count). The fourth-order valence-electron chi connectivity index (χ4n) is 0.162. The van der Waals surface area contributed by atoms with Gasteiger partial charge >= 0.3 is 6.09 Å². The molecule has 41 valence electrons. The van der Waals surface area contributed by atoms with Crippen LogP contribution in [0.5, 0.6) is 0 Å². The van der Waals surface area contributed by atoms with Gasteiger partial charge in [0, 0.05) is 0 Å². The Morgan fingerprint density at radius 1 is 1.86 bits per heavy atom. The van der Waals surface area contributed by atoms with Gasteiger partial charge in [-0.25, -0.2) is 9.90 Å². The molecule has 0 heterocycles. The summed E-state index contributed by atoms with van der Waals surface area (Å²) >= 11 is 5.14. The summed E-state index contributed by atoms with van der Waals surface area (Å²) in [6, 6.07) is 0. The van der Waals surface area contributed by atoms with E-state index < -0.39 is 11.6 Å². The van der Waals surface area contributed by atoms with Crippen LogP contribution in [0.3, 0.4) is 0 Å². The molecule has 0 aromatic carbocycles. The summed E-state index contributed by atoms with van der Waals surface area (Å²) < 4.78 is 0. The fraction of sp³-hybridized carbons (Fsp3) is 0.667. The number of hydrogen-bond donors (Lipinski definition) is 1. The normalized spacial score (nSPS) is 12.9. The fourth-order valence-corrected chi connectivity index (χ4v) is 0.251. The lowest BCUT2D eigenvalue weighted by Gasteiger charge is -1.95. The summed E-state index contributed by atoms with van der Waals surface area (Å²) in [5.74, 6) is 0. The van der Waals surface area contributed by atoms with Gasteiger partial charge in [0.05, 0.1) is 0 Å². The highest BCUT2D eigenvalue weighted by atomic mass is 35.5. The Kier molecular flexibility index (Phi) is 2.52. The SMILES string of the molecule is CC(Cl)NC([O])=O. The van der Waals surface area contributed by atoms with E-state index in [4.69, 9.17) is 11.6 Å². The Labute approximate surface area is 46.3 Å². The third-order valence-electron chi connectivity index (χ3n) is 0.317. The summed E-state index contributed by atoms with van der Waals surface area (Å²) in [6.07, 6.45) is -1.34. The van der Waals surface area contributed by atoms with Gasteiger partial charge in [-0.2, -0.15) is 0 Å². The quantitative estimate of drug-likeness (QED) is 0.404. The Bertz CT molecular complexity index is 73.3. The first kappa shape index (κ1) is 6.56. The first-order chi connectivity index (χ1) is 3.13.